The number of hydrogen-bond donors (Lipinski definition) is 0. The second kappa shape index (κ2) is 4.84. The zero-order chi connectivity index (χ0) is 13.1. The van der Waals surface area contributed by atoms with Crippen LogP contribution in [0.3, 0.4) is 0 Å². The van der Waals surface area contributed by atoms with E-state index in [2.05, 4.69) is 5.10 Å². The molecule has 0 N–H and O–H groups in total. The van der Waals surface area contributed by atoms with E-state index in [9.17, 15) is 8.78 Å². The maximum atomic E-state index is 13.5. The Kier molecular flexibility index (Phi) is 3.24. The van der Waals surface area contributed by atoms with E-state index in [1.807, 2.05) is 6.92 Å². The van der Waals surface area contributed by atoms with Gasteiger partial charge in [0.25, 0.3) is 0 Å². The van der Waals surface area contributed by atoms with Crippen LogP contribution in [-0.2, 0) is 6.54 Å². The molecule has 1 heterocycles. The Morgan fingerprint density at radius 3 is 2.56 bits per heavy atom. The van der Waals surface area contributed by atoms with E-state index in [0.717, 1.165) is 12.1 Å². The van der Waals surface area contributed by atoms with Gasteiger partial charge in [-0.15, -0.1) is 0 Å². The largest absolute Gasteiger partial charge is 0.448 e. The molecule has 0 spiro atoms. The van der Waals surface area contributed by atoms with Gasteiger partial charge in [-0.05, 0) is 19.1 Å². The fourth-order valence-corrected chi connectivity index (χ4v) is 1.41. The fourth-order valence-electron chi connectivity index (χ4n) is 1.41. The van der Waals surface area contributed by atoms with Crippen molar-refractivity contribution in [2.45, 2.75) is 13.5 Å². The van der Waals surface area contributed by atoms with Crippen LogP contribution in [0.25, 0.3) is 0 Å². The van der Waals surface area contributed by atoms with Gasteiger partial charge < -0.3 is 4.74 Å². The summed E-state index contributed by atoms with van der Waals surface area (Å²) in [6, 6.07) is 3.50. The molecular formula is C12H9F2N3O. The fraction of sp³-hybridized carbons (Fsp3) is 0.167. The van der Waals surface area contributed by atoms with Gasteiger partial charge in [-0.3, -0.25) is 4.68 Å². The molecule has 0 amide bonds. The second-order valence-corrected chi connectivity index (χ2v) is 3.51. The van der Waals surface area contributed by atoms with Crippen molar-refractivity contribution in [1.82, 2.24) is 9.78 Å². The van der Waals surface area contributed by atoms with Crippen LogP contribution < -0.4 is 4.74 Å². The molecule has 0 saturated carbocycles. The van der Waals surface area contributed by atoms with Gasteiger partial charge in [0.1, 0.15) is 0 Å². The van der Waals surface area contributed by atoms with Crippen LogP contribution >= 0.6 is 0 Å². The predicted molar refractivity (Wildman–Crippen MR) is 59.0 cm³/mol. The summed E-state index contributed by atoms with van der Waals surface area (Å²) in [6.45, 7) is 2.50. The summed E-state index contributed by atoms with van der Waals surface area (Å²) in [6.07, 6.45) is 2.89. The molecule has 0 saturated heterocycles. The zero-order valence-electron chi connectivity index (χ0n) is 9.52. The first-order chi connectivity index (χ1) is 8.63. The molecular weight excluding hydrogens is 240 g/mol. The van der Waals surface area contributed by atoms with Crippen molar-refractivity contribution < 1.29 is 13.5 Å². The maximum Gasteiger partial charge on any atom is 0.198 e. The summed E-state index contributed by atoms with van der Waals surface area (Å²) in [5.74, 6) is -2.14. The molecule has 0 aliphatic rings. The molecule has 0 aliphatic carbocycles. The van der Waals surface area contributed by atoms with Crippen LogP contribution in [0.2, 0.25) is 0 Å². The molecule has 18 heavy (non-hydrogen) atoms. The lowest BCUT2D eigenvalue weighted by atomic mass is 10.2. The van der Waals surface area contributed by atoms with E-state index < -0.39 is 17.4 Å². The highest BCUT2D eigenvalue weighted by Gasteiger charge is 2.14. The molecule has 0 atom stereocenters. The molecule has 1 aromatic carbocycles. The van der Waals surface area contributed by atoms with Crippen LogP contribution in [0.15, 0.2) is 24.5 Å². The molecule has 0 fully saturated rings. The summed E-state index contributed by atoms with van der Waals surface area (Å²) < 4.78 is 33.7. The molecule has 4 nitrogen and oxygen atoms in total. The smallest absolute Gasteiger partial charge is 0.198 e. The molecule has 6 heteroatoms. The summed E-state index contributed by atoms with van der Waals surface area (Å²) in [4.78, 5) is 0. The first kappa shape index (κ1) is 12.0. The van der Waals surface area contributed by atoms with Crippen LogP contribution in [-0.4, -0.2) is 9.78 Å². The van der Waals surface area contributed by atoms with Crippen molar-refractivity contribution in [3.63, 3.8) is 0 Å². The predicted octanol–water partition coefficient (Wildman–Crippen LogP) is 2.85. The number of aryl methyl sites for hydroxylation is 1. The first-order valence-electron chi connectivity index (χ1n) is 5.23. The van der Waals surface area contributed by atoms with Gasteiger partial charge in [-0.1, -0.05) is 0 Å². The van der Waals surface area contributed by atoms with Gasteiger partial charge in [-0.25, -0.2) is 8.78 Å². The van der Waals surface area contributed by atoms with Crippen molar-refractivity contribution in [1.29, 1.82) is 5.26 Å². The normalized spacial score (nSPS) is 10.1. The van der Waals surface area contributed by atoms with Crippen LogP contribution in [0.4, 0.5) is 8.78 Å². The maximum absolute atomic E-state index is 13.5. The van der Waals surface area contributed by atoms with E-state index in [1.165, 1.54) is 12.4 Å². The minimum atomic E-state index is -0.921. The standard InChI is InChI=1S/C12H9F2N3O/c1-2-17-7-9(6-16-17)18-12-10(13)3-8(5-15)4-11(12)14/h3-4,6-7H,2H2,1H3. The molecule has 0 unspecified atom stereocenters. The van der Waals surface area contributed by atoms with Crippen molar-refractivity contribution in [3.8, 4) is 17.6 Å². The lowest BCUT2D eigenvalue weighted by Gasteiger charge is -2.05. The van der Waals surface area contributed by atoms with E-state index >= 15 is 0 Å². The average Bonchev–Trinajstić information content (AvgIpc) is 2.81. The van der Waals surface area contributed by atoms with Crippen molar-refractivity contribution in [3.05, 3.63) is 41.7 Å². The number of benzene rings is 1. The highest BCUT2D eigenvalue weighted by Crippen LogP contribution is 2.28. The van der Waals surface area contributed by atoms with E-state index in [1.54, 1.807) is 10.8 Å². The monoisotopic (exact) mass is 249 g/mol. The third-order valence-corrected chi connectivity index (χ3v) is 2.28. The minimum Gasteiger partial charge on any atom is -0.448 e. The number of nitrogens with zero attached hydrogens (tertiary/aromatic N) is 3. The van der Waals surface area contributed by atoms with Crippen LogP contribution in [0.5, 0.6) is 11.5 Å². The van der Waals surface area contributed by atoms with Crippen LogP contribution in [0, 0.1) is 23.0 Å². The van der Waals surface area contributed by atoms with Gasteiger partial charge in [-0.2, -0.15) is 10.4 Å². The summed E-state index contributed by atoms with van der Waals surface area (Å²) >= 11 is 0. The van der Waals surface area contributed by atoms with Crippen molar-refractivity contribution >= 4 is 0 Å². The second-order valence-electron chi connectivity index (χ2n) is 3.51. The number of rotatable bonds is 3. The Labute approximate surface area is 102 Å². The Hall–Kier alpha value is -2.42. The Morgan fingerprint density at radius 2 is 2.06 bits per heavy atom. The van der Waals surface area contributed by atoms with Gasteiger partial charge in [0, 0.05) is 6.54 Å². The zero-order valence-corrected chi connectivity index (χ0v) is 9.52. The summed E-state index contributed by atoms with van der Waals surface area (Å²) in [5.41, 5.74) is -0.0957. The summed E-state index contributed by atoms with van der Waals surface area (Å²) in [5, 5.41) is 12.5. The topological polar surface area (TPSA) is 50.8 Å². The van der Waals surface area contributed by atoms with Crippen molar-refractivity contribution in [2.75, 3.05) is 0 Å². The van der Waals surface area contributed by atoms with Gasteiger partial charge in [0.2, 0.25) is 0 Å². The molecule has 1 aromatic heterocycles. The van der Waals surface area contributed by atoms with Gasteiger partial charge in [0.05, 0.1) is 24.0 Å². The number of halogens is 2. The molecule has 0 bridgehead atoms. The average molecular weight is 249 g/mol. The van der Waals surface area contributed by atoms with E-state index in [-0.39, 0.29) is 11.3 Å². The van der Waals surface area contributed by atoms with E-state index in [4.69, 9.17) is 10.00 Å². The van der Waals surface area contributed by atoms with E-state index in [0.29, 0.717) is 6.54 Å². The highest BCUT2D eigenvalue weighted by atomic mass is 19.1. The molecule has 2 aromatic rings. The Balaban J connectivity index is 2.32. The van der Waals surface area contributed by atoms with Gasteiger partial charge in [0.15, 0.2) is 23.1 Å². The minimum absolute atomic E-state index is 0.0957. The summed E-state index contributed by atoms with van der Waals surface area (Å²) in [7, 11) is 0. The molecule has 2 rings (SSSR count). The number of hydrogen-bond acceptors (Lipinski definition) is 3. The van der Waals surface area contributed by atoms with Crippen molar-refractivity contribution in [2.24, 2.45) is 0 Å². The number of aromatic nitrogens is 2. The highest BCUT2D eigenvalue weighted by molar-refractivity contribution is 5.39. The molecule has 0 aliphatic heterocycles. The lowest BCUT2D eigenvalue weighted by Crippen LogP contribution is -1.94. The van der Waals surface area contributed by atoms with Gasteiger partial charge >= 0.3 is 0 Å². The SMILES string of the molecule is CCn1cc(Oc2c(F)cc(C#N)cc2F)cn1. The Morgan fingerprint density at radius 1 is 1.39 bits per heavy atom. The third-order valence-electron chi connectivity index (χ3n) is 2.28. The van der Waals surface area contributed by atoms with Crippen LogP contribution in [0.1, 0.15) is 12.5 Å². The lowest BCUT2D eigenvalue weighted by molar-refractivity contribution is 0.406. The number of nitriles is 1. The first-order valence-corrected chi connectivity index (χ1v) is 5.23. The number of ether oxygens (including phenoxy) is 1. The Bertz CT molecular complexity index is 593. The quantitative estimate of drug-likeness (QED) is 0.840. The third kappa shape index (κ3) is 2.30. The molecule has 0 radical (unpaired) electrons. The molecule has 92 valence electrons.